The van der Waals surface area contributed by atoms with Crippen LogP contribution < -0.4 is 10.1 Å². The molecule has 102 valence electrons. The van der Waals surface area contributed by atoms with E-state index in [-0.39, 0.29) is 5.82 Å². The van der Waals surface area contributed by atoms with Crippen molar-refractivity contribution in [3.8, 4) is 5.75 Å². The van der Waals surface area contributed by atoms with Crippen LogP contribution in [-0.2, 0) is 0 Å². The van der Waals surface area contributed by atoms with Crippen molar-refractivity contribution < 1.29 is 9.13 Å². The van der Waals surface area contributed by atoms with Gasteiger partial charge in [0.05, 0.1) is 0 Å². The van der Waals surface area contributed by atoms with Gasteiger partial charge in [0.2, 0.25) is 0 Å². The van der Waals surface area contributed by atoms with Gasteiger partial charge >= 0.3 is 0 Å². The lowest BCUT2D eigenvalue weighted by atomic mass is 10.0. The van der Waals surface area contributed by atoms with Crippen LogP contribution in [0.2, 0.25) is 0 Å². The van der Waals surface area contributed by atoms with Crippen LogP contribution >= 0.6 is 0 Å². The van der Waals surface area contributed by atoms with Crippen molar-refractivity contribution in [3.63, 3.8) is 0 Å². The van der Waals surface area contributed by atoms with E-state index in [4.69, 9.17) is 4.74 Å². The third-order valence-electron chi connectivity index (χ3n) is 3.46. The first kappa shape index (κ1) is 12.7. The normalized spacial score (nSPS) is 13.2. The average Bonchev–Trinajstić information content (AvgIpc) is 2.43. The highest BCUT2D eigenvalue weighted by molar-refractivity contribution is 5.79. The van der Waals surface area contributed by atoms with Crippen molar-refractivity contribution in [2.75, 3.05) is 11.9 Å². The molecule has 0 spiro atoms. The van der Waals surface area contributed by atoms with E-state index >= 15 is 0 Å². The van der Waals surface area contributed by atoms with Gasteiger partial charge in [-0.2, -0.15) is 0 Å². The Morgan fingerprint density at radius 1 is 1.10 bits per heavy atom. The van der Waals surface area contributed by atoms with E-state index in [1.54, 1.807) is 6.07 Å². The fraction of sp³-hybridized carbons (Fsp3) is 0.176. The molecule has 1 aliphatic heterocycles. The van der Waals surface area contributed by atoms with Crippen molar-refractivity contribution in [1.82, 2.24) is 0 Å². The van der Waals surface area contributed by atoms with Crippen LogP contribution in [-0.4, -0.2) is 6.54 Å². The van der Waals surface area contributed by atoms with Gasteiger partial charge in [0, 0.05) is 17.8 Å². The zero-order valence-corrected chi connectivity index (χ0v) is 11.5. The minimum Gasteiger partial charge on any atom is -0.457 e. The number of aryl methyl sites for hydroxylation is 2. The molecule has 0 aliphatic carbocycles. The summed E-state index contributed by atoms with van der Waals surface area (Å²) in [6, 6.07) is 10.7. The average molecular weight is 269 g/mol. The van der Waals surface area contributed by atoms with Gasteiger partial charge in [0.25, 0.3) is 0 Å². The zero-order valence-electron chi connectivity index (χ0n) is 11.5. The highest BCUT2D eigenvalue weighted by Gasteiger charge is 2.16. The molecule has 0 unspecified atom stereocenters. The van der Waals surface area contributed by atoms with E-state index in [1.165, 1.54) is 17.7 Å². The molecule has 0 radical (unpaired) electrons. The second-order valence-corrected chi connectivity index (χ2v) is 4.96. The van der Waals surface area contributed by atoms with Crippen molar-refractivity contribution in [2.45, 2.75) is 13.8 Å². The largest absolute Gasteiger partial charge is 0.457 e. The molecule has 2 nitrogen and oxygen atoms in total. The molecule has 1 heterocycles. The van der Waals surface area contributed by atoms with E-state index in [0.29, 0.717) is 5.75 Å². The molecule has 2 aromatic carbocycles. The zero-order chi connectivity index (χ0) is 14.1. The third-order valence-corrected chi connectivity index (χ3v) is 3.46. The summed E-state index contributed by atoms with van der Waals surface area (Å²) in [5.41, 5.74) is 4.12. The SMILES string of the molecule is Cc1cc(F)ccc1OC1=CCNc2c(C)cccc21. The predicted octanol–water partition coefficient (Wildman–Crippen LogP) is 4.29. The van der Waals surface area contributed by atoms with Gasteiger partial charge in [0.1, 0.15) is 17.3 Å². The van der Waals surface area contributed by atoms with Crippen LogP contribution in [0.25, 0.3) is 5.76 Å². The summed E-state index contributed by atoms with van der Waals surface area (Å²) in [6.45, 7) is 4.64. The molecule has 20 heavy (non-hydrogen) atoms. The maximum atomic E-state index is 13.1. The van der Waals surface area contributed by atoms with Crippen molar-refractivity contribution in [3.05, 3.63) is 65.0 Å². The van der Waals surface area contributed by atoms with Gasteiger partial charge in [0.15, 0.2) is 0 Å². The van der Waals surface area contributed by atoms with Gasteiger partial charge in [-0.25, -0.2) is 4.39 Å². The smallest absolute Gasteiger partial charge is 0.134 e. The van der Waals surface area contributed by atoms with E-state index in [1.807, 2.05) is 25.1 Å². The lowest BCUT2D eigenvalue weighted by Gasteiger charge is -2.22. The summed E-state index contributed by atoms with van der Waals surface area (Å²) in [5, 5.41) is 3.35. The Bertz CT molecular complexity index is 691. The summed E-state index contributed by atoms with van der Waals surface area (Å²) < 4.78 is 19.1. The Kier molecular flexibility index (Phi) is 3.18. The molecule has 1 aliphatic rings. The monoisotopic (exact) mass is 269 g/mol. The van der Waals surface area contributed by atoms with Crippen LogP contribution in [0, 0.1) is 19.7 Å². The summed E-state index contributed by atoms with van der Waals surface area (Å²) in [6.07, 6.45) is 2.00. The summed E-state index contributed by atoms with van der Waals surface area (Å²) >= 11 is 0. The first-order valence-corrected chi connectivity index (χ1v) is 6.63. The Morgan fingerprint density at radius 2 is 1.95 bits per heavy atom. The standard InChI is InChI=1S/C17H16FNO/c1-11-4-3-5-14-16(8-9-19-17(11)14)20-15-7-6-13(18)10-12(15)2/h3-8,10,19H,9H2,1-2H3. The summed E-state index contributed by atoms with van der Waals surface area (Å²) in [4.78, 5) is 0. The second kappa shape index (κ2) is 5.00. The number of benzene rings is 2. The topological polar surface area (TPSA) is 21.3 Å². The van der Waals surface area contributed by atoms with Crippen LogP contribution in [0.15, 0.2) is 42.5 Å². The van der Waals surface area contributed by atoms with Crippen LogP contribution in [0.3, 0.4) is 0 Å². The fourth-order valence-corrected chi connectivity index (χ4v) is 2.41. The molecule has 0 fully saturated rings. The minimum absolute atomic E-state index is 0.245. The quantitative estimate of drug-likeness (QED) is 0.878. The molecule has 0 saturated carbocycles. The van der Waals surface area contributed by atoms with E-state index in [0.717, 1.165) is 29.1 Å². The van der Waals surface area contributed by atoms with Crippen LogP contribution in [0.1, 0.15) is 16.7 Å². The number of ether oxygens (including phenoxy) is 1. The summed E-state index contributed by atoms with van der Waals surface area (Å²) in [5.74, 6) is 1.26. The first-order valence-electron chi connectivity index (χ1n) is 6.63. The lowest BCUT2D eigenvalue weighted by Crippen LogP contribution is -2.12. The molecule has 3 heteroatoms. The molecule has 3 rings (SSSR count). The Hall–Kier alpha value is -2.29. The molecule has 1 N–H and O–H groups in total. The van der Waals surface area contributed by atoms with E-state index in [2.05, 4.69) is 18.3 Å². The van der Waals surface area contributed by atoms with Crippen molar-refractivity contribution in [1.29, 1.82) is 0 Å². The molecule has 0 saturated heterocycles. The van der Waals surface area contributed by atoms with Gasteiger partial charge in [-0.3, -0.25) is 0 Å². The van der Waals surface area contributed by atoms with Gasteiger partial charge in [-0.1, -0.05) is 12.1 Å². The number of nitrogens with one attached hydrogen (secondary N) is 1. The Morgan fingerprint density at radius 3 is 2.75 bits per heavy atom. The Balaban J connectivity index is 1.96. The number of para-hydroxylation sites is 1. The predicted molar refractivity (Wildman–Crippen MR) is 79.4 cm³/mol. The third kappa shape index (κ3) is 2.27. The molecule has 0 aromatic heterocycles. The molecular weight excluding hydrogens is 253 g/mol. The Labute approximate surface area is 117 Å². The van der Waals surface area contributed by atoms with Crippen LogP contribution in [0.4, 0.5) is 10.1 Å². The van der Waals surface area contributed by atoms with Crippen LogP contribution in [0.5, 0.6) is 5.75 Å². The van der Waals surface area contributed by atoms with E-state index in [9.17, 15) is 4.39 Å². The van der Waals surface area contributed by atoms with E-state index < -0.39 is 0 Å². The minimum atomic E-state index is -0.245. The molecule has 0 bridgehead atoms. The number of anilines is 1. The van der Waals surface area contributed by atoms with Crippen molar-refractivity contribution in [2.24, 2.45) is 0 Å². The second-order valence-electron chi connectivity index (χ2n) is 4.96. The first-order chi connectivity index (χ1) is 9.65. The molecule has 0 amide bonds. The number of rotatable bonds is 2. The molecular formula is C17H16FNO. The molecule has 0 atom stereocenters. The number of halogens is 1. The van der Waals surface area contributed by atoms with Crippen molar-refractivity contribution >= 4 is 11.4 Å². The maximum absolute atomic E-state index is 13.1. The highest BCUT2D eigenvalue weighted by atomic mass is 19.1. The van der Waals surface area contributed by atoms with Gasteiger partial charge in [-0.15, -0.1) is 0 Å². The van der Waals surface area contributed by atoms with Gasteiger partial charge < -0.3 is 10.1 Å². The fourth-order valence-electron chi connectivity index (χ4n) is 2.41. The lowest BCUT2D eigenvalue weighted by molar-refractivity contribution is 0.505. The number of hydrogen-bond acceptors (Lipinski definition) is 2. The number of hydrogen-bond donors (Lipinski definition) is 1. The number of fused-ring (bicyclic) bond motifs is 1. The summed E-state index contributed by atoms with van der Waals surface area (Å²) in [7, 11) is 0. The van der Waals surface area contributed by atoms with Gasteiger partial charge in [-0.05, 0) is 55.3 Å². The maximum Gasteiger partial charge on any atom is 0.134 e. The molecule has 2 aromatic rings. The highest BCUT2D eigenvalue weighted by Crippen LogP contribution is 2.33.